The summed E-state index contributed by atoms with van der Waals surface area (Å²) in [7, 11) is 0. The van der Waals surface area contributed by atoms with Gasteiger partial charge in [-0.15, -0.1) is 0 Å². The zero-order valence-electron chi connectivity index (χ0n) is 11.5. The van der Waals surface area contributed by atoms with E-state index in [-0.39, 0.29) is 18.5 Å². The van der Waals surface area contributed by atoms with E-state index in [1.807, 2.05) is 6.92 Å². The van der Waals surface area contributed by atoms with Crippen LogP contribution < -0.4 is 11.1 Å². The van der Waals surface area contributed by atoms with Gasteiger partial charge in [0.15, 0.2) is 5.58 Å². The number of nitrogens with one attached hydrogen (secondary N) is 1. The second kappa shape index (κ2) is 6.13. The minimum absolute atomic E-state index is 0.0540. The Morgan fingerprint density at radius 2 is 2.25 bits per heavy atom. The predicted octanol–water partition coefficient (Wildman–Crippen LogP) is 2.55. The number of benzene rings is 1. The Morgan fingerprint density at radius 1 is 1.50 bits per heavy atom. The monoisotopic (exact) mass is 296 g/mol. The van der Waals surface area contributed by atoms with Gasteiger partial charge in [-0.05, 0) is 25.5 Å². The number of carbonyl (C=O) groups excluding carboxylic acids is 1. The highest BCUT2D eigenvalue weighted by Gasteiger charge is 2.14. The molecular formula is C14H17ClN2O3. The van der Waals surface area contributed by atoms with Gasteiger partial charge in [0.1, 0.15) is 6.54 Å². The summed E-state index contributed by atoms with van der Waals surface area (Å²) in [6.07, 6.45) is 1.90. The lowest BCUT2D eigenvalue weighted by atomic mass is 10.2. The molecule has 1 atom stereocenters. The van der Waals surface area contributed by atoms with Crippen molar-refractivity contribution in [1.29, 1.82) is 0 Å². The molecule has 1 aromatic carbocycles. The van der Waals surface area contributed by atoms with Crippen molar-refractivity contribution in [1.82, 2.24) is 9.88 Å². The lowest BCUT2D eigenvalue weighted by Gasteiger charge is -2.12. The SMILES string of the molecule is CCC[C@@H](C)NC(=O)Cn1c(=O)oc2cc(Cl)ccc21. The van der Waals surface area contributed by atoms with Gasteiger partial charge >= 0.3 is 5.76 Å². The second-order valence-corrected chi connectivity index (χ2v) is 5.26. The number of hydrogen-bond donors (Lipinski definition) is 1. The maximum atomic E-state index is 11.9. The van der Waals surface area contributed by atoms with E-state index in [1.54, 1.807) is 18.2 Å². The first-order chi connectivity index (χ1) is 9.51. The quantitative estimate of drug-likeness (QED) is 0.922. The number of halogens is 1. The Kier molecular flexibility index (Phi) is 4.49. The van der Waals surface area contributed by atoms with E-state index in [2.05, 4.69) is 12.2 Å². The van der Waals surface area contributed by atoms with Crippen molar-refractivity contribution in [2.45, 2.75) is 39.3 Å². The molecule has 5 nitrogen and oxygen atoms in total. The molecule has 1 N–H and O–H groups in total. The van der Waals surface area contributed by atoms with E-state index in [9.17, 15) is 9.59 Å². The number of oxazole rings is 1. The maximum absolute atomic E-state index is 11.9. The number of fused-ring (bicyclic) bond motifs is 1. The standard InChI is InChI=1S/C14H17ClN2O3/c1-3-4-9(2)16-13(18)8-17-11-6-5-10(15)7-12(11)20-14(17)19/h5-7,9H,3-4,8H2,1-2H3,(H,16,18)/t9-/m1/s1. The number of amides is 1. The molecule has 0 bridgehead atoms. The first kappa shape index (κ1) is 14.7. The van der Waals surface area contributed by atoms with Gasteiger partial charge in [0.05, 0.1) is 5.52 Å². The van der Waals surface area contributed by atoms with Crippen LogP contribution in [0.15, 0.2) is 27.4 Å². The molecule has 0 aliphatic carbocycles. The topological polar surface area (TPSA) is 64.2 Å². The van der Waals surface area contributed by atoms with Crippen LogP contribution in [0.3, 0.4) is 0 Å². The molecule has 1 aromatic heterocycles. The van der Waals surface area contributed by atoms with Crippen LogP contribution in [0.2, 0.25) is 5.02 Å². The van der Waals surface area contributed by atoms with Crippen molar-refractivity contribution in [2.24, 2.45) is 0 Å². The zero-order valence-corrected chi connectivity index (χ0v) is 12.2. The zero-order chi connectivity index (χ0) is 14.7. The van der Waals surface area contributed by atoms with E-state index in [4.69, 9.17) is 16.0 Å². The largest absolute Gasteiger partial charge is 0.420 e. The van der Waals surface area contributed by atoms with E-state index in [0.717, 1.165) is 12.8 Å². The minimum atomic E-state index is -0.555. The molecule has 1 amide bonds. The third-order valence-corrected chi connectivity index (χ3v) is 3.30. The normalized spacial score (nSPS) is 12.6. The highest BCUT2D eigenvalue weighted by molar-refractivity contribution is 6.31. The highest BCUT2D eigenvalue weighted by Crippen LogP contribution is 2.18. The second-order valence-electron chi connectivity index (χ2n) is 4.82. The summed E-state index contributed by atoms with van der Waals surface area (Å²) in [5.41, 5.74) is 0.953. The molecule has 1 heterocycles. The summed E-state index contributed by atoms with van der Waals surface area (Å²) < 4.78 is 6.38. The molecule has 0 spiro atoms. The third kappa shape index (κ3) is 3.22. The lowest BCUT2D eigenvalue weighted by Crippen LogP contribution is -2.36. The minimum Gasteiger partial charge on any atom is -0.408 e. The van der Waals surface area contributed by atoms with Crippen molar-refractivity contribution < 1.29 is 9.21 Å². The van der Waals surface area contributed by atoms with Gasteiger partial charge in [0, 0.05) is 17.1 Å². The molecule has 108 valence electrons. The van der Waals surface area contributed by atoms with Gasteiger partial charge in [-0.3, -0.25) is 9.36 Å². The van der Waals surface area contributed by atoms with Gasteiger partial charge in [-0.2, -0.15) is 0 Å². The average molecular weight is 297 g/mol. The summed E-state index contributed by atoms with van der Waals surface area (Å²) in [4.78, 5) is 23.7. The Bertz CT molecular complexity index is 675. The molecule has 0 saturated carbocycles. The molecule has 6 heteroatoms. The summed E-state index contributed by atoms with van der Waals surface area (Å²) in [5.74, 6) is -0.758. The van der Waals surface area contributed by atoms with Crippen LogP contribution in [-0.2, 0) is 11.3 Å². The molecule has 0 saturated heterocycles. The third-order valence-electron chi connectivity index (χ3n) is 3.06. The molecule has 0 unspecified atom stereocenters. The van der Waals surface area contributed by atoms with Gasteiger partial charge < -0.3 is 9.73 Å². The number of hydrogen-bond acceptors (Lipinski definition) is 3. The van der Waals surface area contributed by atoms with Crippen LogP contribution in [-0.4, -0.2) is 16.5 Å². The fraction of sp³-hybridized carbons (Fsp3) is 0.429. The van der Waals surface area contributed by atoms with Crippen LogP contribution in [0, 0.1) is 0 Å². The summed E-state index contributed by atoms with van der Waals surface area (Å²) in [5, 5.41) is 3.34. The van der Waals surface area contributed by atoms with E-state index in [0.29, 0.717) is 16.1 Å². The smallest absolute Gasteiger partial charge is 0.408 e. The number of rotatable bonds is 5. The lowest BCUT2D eigenvalue weighted by molar-refractivity contribution is -0.122. The summed E-state index contributed by atoms with van der Waals surface area (Å²) in [6, 6.07) is 4.99. The highest BCUT2D eigenvalue weighted by atomic mass is 35.5. The van der Waals surface area contributed by atoms with Crippen molar-refractivity contribution >= 4 is 28.6 Å². The molecule has 0 radical (unpaired) electrons. The van der Waals surface area contributed by atoms with Crippen LogP contribution in [0.1, 0.15) is 26.7 Å². The Balaban J connectivity index is 2.19. The number of nitrogens with zero attached hydrogens (tertiary/aromatic N) is 1. The Morgan fingerprint density at radius 3 is 2.95 bits per heavy atom. The number of carbonyl (C=O) groups is 1. The Hall–Kier alpha value is -1.75. The van der Waals surface area contributed by atoms with Crippen molar-refractivity contribution in [2.75, 3.05) is 0 Å². The van der Waals surface area contributed by atoms with Crippen LogP contribution in [0.5, 0.6) is 0 Å². The maximum Gasteiger partial charge on any atom is 0.420 e. The van der Waals surface area contributed by atoms with Crippen molar-refractivity contribution in [3.8, 4) is 0 Å². The molecule has 2 aromatic rings. The molecule has 0 aliphatic rings. The van der Waals surface area contributed by atoms with Gasteiger partial charge in [0.2, 0.25) is 5.91 Å². The predicted molar refractivity (Wildman–Crippen MR) is 78.0 cm³/mol. The Labute approximate surface area is 121 Å². The fourth-order valence-electron chi connectivity index (χ4n) is 2.16. The van der Waals surface area contributed by atoms with E-state index >= 15 is 0 Å². The van der Waals surface area contributed by atoms with Crippen LogP contribution in [0.25, 0.3) is 11.1 Å². The van der Waals surface area contributed by atoms with Crippen LogP contribution in [0.4, 0.5) is 0 Å². The molecular weight excluding hydrogens is 280 g/mol. The first-order valence-electron chi connectivity index (χ1n) is 6.59. The summed E-state index contributed by atoms with van der Waals surface area (Å²) >= 11 is 5.84. The van der Waals surface area contributed by atoms with Gasteiger partial charge in [0.25, 0.3) is 0 Å². The van der Waals surface area contributed by atoms with Crippen LogP contribution >= 0.6 is 11.6 Å². The van der Waals surface area contributed by atoms with E-state index in [1.165, 1.54) is 4.57 Å². The van der Waals surface area contributed by atoms with Gasteiger partial charge in [-0.1, -0.05) is 24.9 Å². The number of aromatic nitrogens is 1. The fourth-order valence-corrected chi connectivity index (χ4v) is 2.32. The molecule has 0 aliphatic heterocycles. The van der Waals surface area contributed by atoms with Crippen molar-refractivity contribution in [3.63, 3.8) is 0 Å². The molecule has 20 heavy (non-hydrogen) atoms. The molecule has 0 fully saturated rings. The first-order valence-corrected chi connectivity index (χ1v) is 6.97. The summed E-state index contributed by atoms with van der Waals surface area (Å²) in [6.45, 7) is 3.94. The van der Waals surface area contributed by atoms with Crippen molar-refractivity contribution in [3.05, 3.63) is 33.8 Å². The van der Waals surface area contributed by atoms with Gasteiger partial charge in [-0.25, -0.2) is 4.79 Å². The molecule has 2 rings (SSSR count). The van der Waals surface area contributed by atoms with E-state index < -0.39 is 5.76 Å². The average Bonchev–Trinajstić information content (AvgIpc) is 2.65.